The molecule has 0 bridgehead atoms. The average molecular weight is 925 g/mol. The Bertz CT molecular complexity index is 2030. The van der Waals surface area contributed by atoms with Crippen molar-refractivity contribution >= 4 is 59.4 Å². The van der Waals surface area contributed by atoms with E-state index in [0.29, 0.717) is 17.5 Å². The number of carbonyl (C=O) groups excluding carboxylic acids is 5. The van der Waals surface area contributed by atoms with Crippen molar-refractivity contribution in [1.82, 2.24) is 41.3 Å². The molecule has 0 saturated carbocycles. The van der Waals surface area contributed by atoms with Gasteiger partial charge in [0.2, 0.25) is 11.8 Å². The molecule has 3 atom stereocenters. The third-order valence-electron chi connectivity index (χ3n) is 10.1. The summed E-state index contributed by atoms with van der Waals surface area (Å²) in [5.41, 5.74) is 1.42. The van der Waals surface area contributed by atoms with Crippen molar-refractivity contribution < 1.29 is 73.5 Å². The molecule has 0 radical (unpaired) electrons. The minimum absolute atomic E-state index is 0.00940. The van der Waals surface area contributed by atoms with Crippen LogP contribution < -0.4 is 26.6 Å². The molecule has 23 nitrogen and oxygen atoms in total. The average Bonchev–Trinajstić information content (AvgIpc) is 3.58. The Morgan fingerprint density at radius 3 is 1.85 bits per heavy atom. The van der Waals surface area contributed by atoms with Gasteiger partial charge in [-0.25, -0.2) is 4.79 Å². The van der Waals surface area contributed by atoms with Gasteiger partial charge in [-0.2, -0.15) is 0 Å². The van der Waals surface area contributed by atoms with Crippen molar-refractivity contribution in [3.8, 4) is 0 Å². The van der Waals surface area contributed by atoms with Gasteiger partial charge in [0.25, 0.3) is 17.7 Å². The number of rotatable bonds is 33. The van der Waals surface area contributed by atoms with Crippen LogP contribution in [-0.4, -0.2) is 190 Å². The fourth-order valence-electron chi connectivity index (χ4n) is 6.83. The highest BCUT2D eigenvalue weighted by Crippen LogP contribution is 2.14. The number of aliphatic carboxylic acids is 5. The smallest absolute Gasteiger partial charge is 0.326 e. The molecule has 1 heterocycles. The van der Waals surface area contributed by atoms with Crippen molar-refractivity contribution in [1.29, 1.82) is 0 Å². The van der Waals surface area contributed by atoms with Crippen LogP contribution >= 0.6 is 0 Å². The monoisotopic (exact) mass is 924 g/mol. The molecule has 1 aliphatic heterocycles. The van der Waals surface area contributed by atoms with E-state index in [1.807, 2.05) is 0 Å². The lowest BCUT2D eigenvalue weighted by Gasteiger charge is -2.33. The van der Waals surface area contributed by atoms with Crippen LogP contribution in [0.15, 0.2) is 66.7 Å². The van der Waals surface area contributed by atoms with E-state index < -0.39 is 104 Å². The summed E-state index contributed by atoms with van der Waals surface area (Å²) in [5.74, 6) is -9.07. The summed E-state index contributed by atoms with van der Waals surface area (Å²) in [6.07, 6.45) is 2.99. The Kier molecular flexibility index (Phi) is 22.6. The van der Waals surface area contributed by atoms with Gasteiger partial charge in [-0.05, 0) is 48.9 Å². The number of hydrogen-bond donors (Lipinski definition) is 10. The Morgan fingerprint density at radius 1 is 0.621 bits per heavy atom. The first-order chi connectivity index (χ1) is 31.4. The molecule has 0 spiro atoms. The van der Waals surface area contributed by atoms with Crippen LogP contribution in [0.4, 0.5) is 0 Å². The number of carboxylic acids is 5. The van der Waals surface area contributed by atoms with Crippen LogP contribution in [0.5, 0.6) is 0 Å². The summed E-state index contributed by atoms with van der Waals surface area (Å²) in [6, 6.07) is 11.7. The van der Waals surface area contributed by atoms with E-state index in [9.17, 15) is 68.4 Å². The summed E-state index contributed by atoms with van der Waals surface area (Å²) in [5, 5.41) is 59.9. The third-order valence-corrected chi connectivity index (χ3v) is 10.1. The van der Waals surface area contributed by atoms with Crippen LogP contribution in [0.25, 0.3) is 0 Å². The van der Waals surface area contributed by atoms with Crippen LogP contribution in [0.3, 0.4) is 0 Å². The fraction of sp³-hybridized carbons (Fsp3) is 0.442. The van der Waals surface area contributed by atoms with E-state index in [-0.39, 0.29) is 77.1 Å². The topological polar surface area (TPSA) is 342 Å². The SMILES string of the molecule is O=C(O)CNCCN(CCN(CC(=O)O)C(CNCC(=O)O)Cc1ccc(C(=O)NC(Cc2ccccc2)C(=O)NCC(=O)NC(CCCCN2C(=O)C=CC2=O)C(=O)O)cc1)CC(=O)O. The zero-order chi connectivity index (χ0) is 48.6. The molecule has 5 amide bonds. The van der Waals surface area contributed by atoms with E-state index >= 15 is 0 Å². The summed E-state index contributed by atoms with van der Waals surface area (Å²) in [7, 11) is 0. The number of carboxylic acid groups (broad SMARTS) is 5. The number of carbonyl (C=O) groups is 10. The first-order valence-corrected chi connectivity index (χ1v) is 20.9. The number of unbranched alkanes of at least 4 members (excludes halogenated alkanes) is 1. The number of amides is 5. The minimum atomic E-state index is -1.33. The molecule has 66 heavy (non-hydrogen) atoms. The molecular formula is C43H56N8O15. The maximum atomic E-state index is 13.6. The number of benzene rings is 2. The second-order valence-corrected chi connectivity index (χ2v) is 15.2. The summed E-state index contributed by atoms with van der Waals surface area (Å²) in [6.45, 7) is -1.82. The third kappa shape index (κ3) is 20.2. The quantitative estimate of drug-likeness (QED) is 0.0269. The van der Waals surface area contributed by atoms with Gasteiger partial charge in [0, 0.05) is 69.4 Å². The Balaban J connectivity index is 1.68. The lowest BCUT2D eigenvalue weighted by atomic mass is 10.0. The molecule has 0 fully saturated rings. The number of hydrogen-bond acceptors (Lipinski definition) is 14. The van der Waals surface area contributed by atoms with Gasteiger partial charge in [-0.3, -0.25) is 57.9 Å². The molecule has 1 aliphatic rings. The van der Waals surface area contributed by atoms with Crippen LogP contribution in [-0.2, 0) is 56.0 Å². The van der Waals surface area contributed by atoms with Gasteiger partial charge in [0.15, 0.2) is 0 Å². The van der Waals surface area contributed by atoms with E-state index in [1.54, 1.807) is 47.4 Å². The van der Waals surface area contributed by atoms with E-state index in [2.05, 4.69) is 26.6 Å². The van der Waals surface area contributed by atoms with Gasteiger partial charge in [0.1, 0.15) is 12.1 Å². The molecular weight excluding hydrogens is 869 g/mol. The summed E-state index contributed by atoms with van der Waals surface area (Å²) in [4.78, 5) is 125. The molecule has 358 valence electrons. The predicted octanol–water partition coefficient (Wildman–Crippen LogP) is -2.16. The summed E-state index contributed by atoms with van der Waals surface area (Å²) < 4.78 is 0. The number of nitrogens with zero attached hydrogens (tertiary/aromatic N) is 3. The highest BCUT2D eigenvalue weighted by molar-refractivity contribution is 6.12. The molecule has 0 aromatic heterocycles. The number of nitrogens with one attached hydrogen (secondary N) is 5. The van der Waals surface area contributed by atoms with Crippen LogP contribution in [0.2, 0.25) is 0 Å². The Labute approximate surface area is 379 Å². The van der Waals surface area contributed by atoms with E-state index in [1.165, 1.54) is 17.0 Å². The van der Waals surface area contributed by atoms with Gasteiger partial charge in [-0.1, -0.05) is 42.5 Å². The van der Waals surface area contributed by atoms with Gasteiger partial charge in [0.05, 0.1) is 32.7 Å². The van der Waals surface area contributed by atoms with Crippen LogP contribution in [0.1, 0.15) is 40.7 Å². The largest absolute Gasteiger partial charge is 0.480 e. The first-order valence-electron chi connectivity index (χ1n) is 20.9. The second kappa shape index (κ2) is 28.0. The fourth-order valence-corrected chi connectivity index (χ4v) is 6.83. The van der Waals surface area contributed by atoms with Crippen LogP contribution in [0, 0.1) is 0 Å². The second-order valence-electron chi connectivity index (χ2n) is 15.2. The van der Waals surface area contributed by atoms with Crippen molar-refractivity contribution in [2.24, 2.45) is 0 Å². The molecule has 3 rings (SSSR count). The number of imide groups is 1. The molecule has 10 N–H and O–H groups in total. The molecule has 23 heteroatoms. The molecule has 0 aliphatic carbocycles. The lowest BCUT2D eigenvalue weighted by Crippen LogP contribution is -2.51. The molecule has 2 aromatic carbocycles. The van der Waals surface area contributed by atoms with Gasteiger partial charge < -0.3 is 52.1 Å². The standard InChI is InChI=1S/C43H56N8O15/c52-34(47-32(43(65)66)8-4-5-16-51-35(53)13-14-36(51)54)23-46-42(64)33(21-28-6-2-1-3-7-28)48-41(63)30-11-9-29(10-12-30)20-31(22-45-25-38(57)58)50(27-40(61)62)19-18-49(26-39(59)60)17-15-44-24-37(55)56/h1-3,6-7,9-14,31-33,44-45H,4-5,8,15-27H2,(H,46,64)(H,47,52)(H,48,63)(H,55,56)(H,57,58)(H,59,60)(H,61,62)(H,65,66). The van der Waals surface area contributed by atoms with Crippen molar-refractivity contribution in [3.05, 3.63) is 83.4 Å². The van der Waals surface area contributed by atoms with E-state index in [0.717, 1.165) is 17.1 Å². The van der Waals surface area contributed by atoms with Gasteiger partial charge >= 0.3 is 29.8 Å². The molecule has 2 aromatic rings. The van der Waals surface area contributed by atoms with Crippen molar-refractivity contribution in [3.63, 3.8) is 0 Å². The zero-order valence-electron chi connectivity index (χ0n) is 36.1. The predicted molar refractivity (Wildman–Crippen MR) is 232 cm³/mol. The Morgan fingerprint density at radius 2 is 1.24 bits per heavy atom. The normalized spacial score (nSPS) is 13.6. The molecule has 3 unspecified atom stereocenters. The minimum Gasteiger partial charge on any atom is -0.480 e. The lowest BCUT2D eigenvalue weighted by molar-refractivity contribution is -0.142. The maximum absolute atomic E-state index is 13.6. The summed E-state index contributed by atoms with van der Waals surface area (Å²) >= 11 is 0. The zero-order valence-corrected chi connectivity index (χ0v) is 36.1. The highest BCUT2D eigenvalue weighted by Gasteiger charge is 2.27. The Hall–Kier alpha value is -7.08. The van der Waals surface area contributed by atoms with Crippen molar-refractivity contribution in [2.45, 2.75) is 50.2 Å². The highest BCUT2D eigenvalue weighted by atomic mass is 16.4. The first kappa shape index (κ1) is 53.3. The maximum Gasteiger partial charge on any atom is 0.326 e. The molecule has 0 saturated heterocycles. The van der Waals surface area contributed by atoms with Crippen molar-refractivity contribution in [2.75, 3.05) is 72.0 Å². The van der Waals surface area contributed by atoms with Gasteiger partial charge in [-0.15, -0.1) is 0 Å². The van der Waals surface area contributed by atoms with E-state index in [4.69, 9.17) is 5.11 Å².